The van der Waals surface area contributed by atoms with Gasteiger partial charge in [-0.3, -0.25) is 0 Å². The first-order chi connectivity index (χ1) is 17.7. The molecule has 0 atom stereocenters. The molecule has 0 saturated carbocycles. The highest BCUT2D eigenvalue weighted by atomic mass is 32.2. The zero-order valence-electron chi connectivity index (χ0n) is 19.2. The van der Waals surface area contributed by atoms with E-state index in [2.05, 4.69) is 19.4 Å². The van der Waals surface area contributed by atoms with Crippen molar-refractivity contribution in [3.8, 4) is 22.6 Å². The van der Waals surface area contributed by atoms with Crippen LogP contribution in [0.25, 0.3) is 22.6 Å². The number of ether oxygens (including phenoxy) is 1. The average Bonchev–Trinajstić information content (AvgIpc) is 3.60. The van der Waals surface area contributed by atoms with Crippen molar-refractivity contribution in [2.24, 2.45) is 0 Å². The number of aromatic nitrogens is 3. The third-order valence-electron chi connectivity index (χ3n) is 6.15. The Hall–Kier alpha value is -3.13. The number of halogens is 3. The lowest BCUT2D eigenvalue weighted by Crippen LogP contribution is -2.44. The predicted molar refractivity (Wildman–Crippen MR) is 129 cm³/mol. The second-order valence-electron chi connectivity index (χ2n) is 8.57. The standard InChI is InChI=1S/C24H21F3N4O4S2/c25-24(26,27)21-30-20(31-35-21)17-7-4-8-18(13-17)37(32,33)28-15-23(9-11-34-12-10-23)22-29-19(14-36-22)16-5-2-1-3-6-16/h1-8,13-14,28H,9-12,15H2. The molecule has 0 spiro atoms. The molecular weight excluding hydrogens is 529 g/mol. The summed E-state index contributed by atoms with van der Waals surface area (Å²) in [7, 11) is -4.03. The molecule has 1 aliphatic heterocycles. The second kappa shape index (κ2) is 9.97. The summed E-state index contributed by atoms with van der Waals surface area (Å²) in [4.78, 5) is 8.04. The molecule has 1 saturated heterocycles. The van der Waals surface area contributed by atoms with E-state index in [1.54, 1.807) is 0 Å². The number of nitrogens with one attached hydrogen (secondary N) is 1. The van der Waals surface area contributed by atoms with Crippen LogP contribution in [0.1, 0.15) is 23.7 Å². The summed E-state index contributed by atoms with van der Waals surface area (Å²) >= 11 is 1.48. The molecule has 37 heavy (non-hydrogen) atoms. The summed E-state index contributed by atoms with van der Waals surface area (Å²) in [6.45, 7) is 1.03. The van der Waals surface area contributed by atoms with Crippen LogP contribution in [-0.4, -0.2) is 43.3 Å². The first kappa shape index (κ1) is 25.5. The van der Waals surface area contributed by atoms with Gasteiger partial charge in [0.1, 0.15) is 5.01 Å². The van der Waals surface area contributed by atoms with Gasteiger partial charge in [0, 0.05) is 41.7 Å². The summed E-state index contributed by atoms with van der Waals surface area (Å²) in [5.74, 6) is -1.87. The van der Waals surface area contributed by atoms with Crippen molar-refractivity contribution in [1.82, 2.24) is 19.8 Å². The monoisotopic (exact) mass is 550 g/mol. The van der Waals surface area contributed by atoms with Gasteiger partial charge in [0.2, 0.25) is 15.8 Å². The molecule has 194 valence electrons. The normalized spacial score (nSPS) is 16.1. The van der Waals surface area contributed by atoms with Crippen LogP contribution in [0.2, 0.25) is 0 Å². The molecule has 1 N–H and O–H groups in total. The van der Waals surface area contributed by atoms with Crippen LogP contribution >= 0.6 is 11.3 Å². The van der Waals surface area contributed by atoms with E-state index in [0.717, 1.165) is 16.3 Å². The number of nitrogens with zero attached hydrogens (tertiary/aromatic N) is 3. The van der Waals surface area contributed by atoms with E-state index < -0.39 is 27.5 Å². The van der Waals surface area contributed by atoms with Crippen molar-refractivity contribution in [3.05, 3.63) is 70.9 Å². The van der Waals surface area contributed by atoms with Crippen LogP contribution in [0.4, 0.5) is 13.2 Å². The van der Waals surface area contributed by atoms with E-state index in [1.807, 2.05) is 35.7 Å². The molecule has 4 aromatic rings. The average molecular weight is 551 g/mol. The van der Waals surface area contributed by atoms with Crippen LogP contribution in [0.3, 0.4) is 0 Å². The Morgan fingerprint density at radius 2 is 1.73 bits per heavy atom. The number of hydrogen-bond donors (Lipinski definition) is 1. The highest BCUT2D eigenvalue weighted by Crippen LogP contribution is 2.38. The molecule has 8 nitrogen and oxygen atoms in total. The lowest BCUT2D eigenvalue weighted by atomic mass is 9.81. The van der Waals surface area contributed by atoms with Gasteiger partial charge in [0.15, 0.2) is 0 Å². The van der Waals surface area contributed by atoms with Gasteiger partial charge in [-0.05, 0) is 25.0 Å². The Morgan fingerprint density at radius 1 is 1.00 bits per heavy atom. The predicted octanol–water partition coefficient (Wildman–Crippen LogP) is 4.91. The van der Waals surface area contributed by atoms with E-state index in [-0.39, 0.29) is 22.8 Å². The maximum Gasteiger partial charge on any atom is 0.471 e. The minimum atomic E-state index is -4.80. The van der Waals surface area contributed by atoms with Crippen LogP contribution in [-0.2, 0) is 26.4 Å². The summed E-state index contributed by atoms with van der Waals surface area (Å²) in [5.41, 5.74) is 1.31. The molecule has 0 unspecified atom stereocenters. The molecular formula is C24H21F3N4O4S2. The first-order valence-corrected chi connectivity index (χ1v) is 13.6. The lowest BCUT2D eigenvalue weighted by molar-refractivity contribution is -0.159. The number of sulfonamides is 1. The van der Waals surface area contributed by atoms with Crippen LogP contribution in [0.15, 0.2) is 69.4 Å². The third kappa shape index (κ3) is 5.44. The van der Waals surface area contributed by atoms with E-state index >= 15 is 0 Å². The minimum absolute atomic E-state index is 0.0790. The summed E-state index contributed by atoms with van der Waals surface area (Å²) in [6, 6.07) is 15.1. The molecule has 1 aliphatic rings. The fourth-order valence-electron chi connectivity index (χ4n) is 4.06. The highest BCUT2D eigenvalue weighted by molar-refractivity contribution is 7.89. The van der Waals surface area contributed by atoms with Gasteiger partial charge < -0.3 is 9.26 Å². The summed E-state index contributed by atoms with van der Waals surface area (Å²) < 4.78 is 77.4. The fraction of sp³-hybridized carbons (Fsp3) is 0.292. The molecule has 5 rings (SSSR count). The fourth-order valence-corrected chi connectivity index (χ4v) is 6.32. The largest absolute Gasteiger partial charge is 0.471 e. The van der Waals surface area contributed by atoms with Crippen LogP contribution in [0, 0.1) is 0 Å². The van der Waals surface area contributed by atoms with Crippen molar-refractivity contribution >= 4 is 21.4 Å². The number of thiazole rings is 1. The van der Waals surface area contributed by atoms with Gasteiger partial charge >= 0.3 is 12.1 Å². The smallest absolute Gasteiger partial charge is 0.381 e. The summed E-state index contributed by atoms with van der Waals surface area (Å²) in [6.07, 6.45) is -3.63. The van der Waals surface area contributed by atoms with E-state index in [1.165, 1.54) is 35.6 Å². The highest BCUT2D eigenvalue weighted by Gasteiger charge is 2.40. The molecule has 0 amide bonds. The van der Waals surface area contributed by atoms with Gasteiger partial charge in [-0.1, -0.05) is 47.6 Å². The SMILES string of the molecule is O=S(=O)(NCC1(c2nc(-c3ccccc3)cs2)CCOCC1)c1cccc(-c2noc(C(F)(F)F)n2)c1. The van der Waals surface area contributed by atoms with Crippen molar-refractivity contribution < 1.29 is 30.8 Å². The van der Waals surface area contributed by atoms with Crippen LogP contribution < -0.4 is 4.72 Å². The molecule has 1 fully saturated rings. The van der Waals surface area contributed by atoms with Gasteiger partial charge in [0.05, 0.1) is 10.6 Å². The molecule has 0 bridgehead atoms. The van der Waals surface area contributed by atoms with Crippen molar-refractivity contribution in [3.63, 3.8) is 0 Å². The van der Waals surface area contributed by atoms with Crippen LogP contribution in [0.5, 0.6) is 0 Å². The zero-order valence-corrected chi connectivity index (χ0v) is 20.9. The Labute approximate surface area is 214 Å². The number of hydrogen-bond acceptors (Lipinski definition) is 8. The van der Waals surface area contributed by atoms with Crippen molar-refractivity contribution in [2.45, 2.75) is 29.3 Å². The lowest BCUT2D eigenvalue weighted by Gasteiger charge is -2.35. The van der Waals surface area contributed by atoms with Gasteiger partial charge in [0.25, 0.3) is 0 Å². The number of alkyl halides is 3. The quantitative estimate of drug-likeness (QED) is 0.349. The van der Waals surface area contributed by atoms with E-state index in [0.29, 0.717) is 26.1 Å². The molecule has 3 heterocycles. The molecule has 0 aliphatic carbocycles. The van der Waals surface area contributed by atoms with Gasteiger partial charge in [-0.2, -0.15) is 18.2 Å². The third-order valence-corrected chi connectivity index (χ3v) is 8.64. The van der Waals surface area contributed by atoms with E-state index in [9.17, 15) is 21.6 Å². The number of rotatable bonds is 7. The maximum absolute atomic E-state index is 13.2. The molecule has 0 radical (unpaired) electrons. The van der Waals surface area contributed by atoms with Gasteiger partial charge in [-0.15, -0.1) is 11.3 Å². The first-order valence-electron chi connectivity index (χ1n) is 11.3. The van der Waals surface area contributed by atoms with E-state index in [4.69, 9.17) is 9.72 Å². The molecule has 13 heteroatoms. The molecule has 2 aromatic carbocycles. The number of benzene rings is 2. The summed E-state index contributed by atoms with van der Waals surface area (Å²) in [5, 5.41) is 6.11. The Balaban J connectivity index is 1.38. The molecule has 2 aromatic heterocycles. The van der Waals surface area contributed by atoms with Crippen molar-refractivity contribution in [2.75, 3.05) is 19.8 Å². The van der Waals surface area contributed by atoms with Crippen molar-refractivity contribution in [1.29, 1.82) is 0 Å². The zero-order chi connectivity index (χ0) is 26.1. The Bertz CT molecular complexity index is 1480. The van der Waals surface area contributed by atoms with Gasteiger partial charge in [-0.25, -0.2) is 18.1 Å². The second-order valence-corrected chi connectivity index (χ2v) is 11.2. The Kier molecular flexibility index (Phi) is 6.88. The Morgan fingerprint density at radius 3 is 2.43 bits per heavy atom. The topological polar surface area (TPSA) is 107 Å². The maximum atomic E-state index is 13.2. The minimum Gasteiger partial charge on any atom is -0.381 e.